The van der Waals surface area contributed by atoms with Crippen molar-refractivity contribution in [1.82, 2.24) is 14.9 Å². The highest BCUT2D eigenvalue weighted by atomic mass is 16.5. The number of para-hydroxylation sites is 3. The Morgan fingerprint density at radius 2 is 1.86 bits per heavy atom. The Balaban J connectivity index is 1.71. The van der Waals surface area contributed by atoms with Crippen LogP contribution in [0.15, 0.2) is 54.6 Å². The van der Waals surface area contributed by atoms with Gasteiger partial charge in [0.05, 0.1) is 11.0 Å². The van der Waals surface area contributed by atoms with Crippen LogP contribution >= 0.6 is 0 Å². The third kappa shape index (κ3) is 5.09. The summed E-state index contributed by atoms with van der Waals surface area (Å²) >= 11 is 0. The van der Waals surface area contributed by atoms with Gasteiger partial charge in [0.1, 0.15) is 24.7 Å². The molecule has 1 unspecified atom stereocenters. The van der Waals surface area contributed by atoms with Crippen LogP contribution in [0.5, 0.6) is 5.75 Å². The fourth-order valence-corrected chi connectivity index (χ4v) is 2.93. The summed E-state index contributed by atoms with van der Waals surface area (Å²) in [6.45, 7) is 2.43. The maximum atomic E-state index is 12.4. The number of carbonyl (C=O) groups excluding carboxylic acids is 1. The van der Waals surface area contributed by atoms with Gasteiger partial charge >= 0.3 is 5.97 Å². The van der Waals surface area contributed by atoms with Crippen molar-refractivity contribution in [3.05, 3.63) is 60.4 Å². The number of nitrogens with zero attached hydrogens (tertiary/aromatic N) is 2. The third-order valence-corrected chi connectivity index (χ3v) is 4.32. The van der Waals surface area contributed by atoms with Crippen molar-refractivity contribution in [2.24, 2.45) is 5.92 Å². The summed E-state index contributed by atoms with van der Waals surface area (Å²) in [4.78, 5) is 27.8. The number of carbonyl (C=O) groups is 2. The second-order valence-corrected chi connectivity index (χ2v) is 6.71. The van der Waals surface area contributed by atoms with Gasteiger partial charge in [-0.3, -0.25) is 9.59 Å². The monoisotopic (exact) mass is 381 g/mol. The first-order valence-corrected chi connectivity index (χ1v) is 9.13. The van der Waals surface area contributed by atoms with Crippen molar-refractivity contribution in [2.45, 2.75) is 26.5 Å². The van der Waals surface area contributed by atoms with E-state index in [1.165, 1.54) is 0 Å². The summed E-state index contributed by atoms with van der Waals surface area (Å²) < 4.78 is 7.63. The molecule has 2 N–H and O–H groups in total. The first-order chi connectivity index (χ1) is 13.5. The maximum absolute atomic E-state index is 12.4. The van der Waals surface area contributed by atoms with Gasteiger partial charge < -0.3 is 19.7 Å². The Kier molecular flexibility index (Phi) is 6.26. The summed E-state index contributed by atoms with van der Waals surface area (Å²) in [5.74, 6) is 0.178. The molecule has 0 aliphatic heterocycles. The number of amides is 1. The van der Waals surface area contributed by atoms with Crippen LogP contribution in [0.25, 0.3) is 11.0 Å². The van der Waals surface area contributed by atoms with Crippen LogP contribution in [0.1, 0.15) is 19.2 Å². The predicted molar refractivity (Wildman–Crippen MR) is 105 cm³/mol. The van der Waals surface area contributed by atoms with E-state index in [1.807, 2.05) is 59.2 Å². The normalized spacial score (nSPS) is 11.9. The molecule has 0 saturated carbocycles. The van der Waals surface area contributed by atoms with Gasteiger partial charge in [-0.05, 0) is 30.2 Å². The highest BCUT2D eigenvalue weighted by molar-refractivity contribution is 5.81. The van der Waals surface area contributed by atoms with Gasteiger partial charge in [-0.25, -0.2) is 4.98 Å². The lowest BCUT2D eigenvalue weighted by molar-refractivity contribution is -0.138. The quantitative estimate of drug-likeness (QED) is 0.594. The van der Waals surface area contributed by atoms with Gasteiger partial charge in [0.2, 0.25) is 5.91 Å². The molecular formula is C21H23N3O4. The van der Waals surface area contributed by atoms with Gasteiger partial charge in [0.15, 0.2) is 0 Å². The van der Waals surface area contributed by atoms with Crippen LogP contribution < -0.4 is 10.1 Å². The summed E-state index contributed by atoms with van der Waals surface area (Å²) in [6, 6.07) is 17.0. The average Bonchev–Trinajstić information content (AvgIpc) is 3.02. The summed E-state index contributed by atoms with van der Waals surface area (Å²) in [6.07, 6.45) is 0.0183. The standard InChI is InChI=1S/C21H23N3O4/c1-15(11-21(26)27)12-22-20(25)13-24-18-10-6-5-9-17(18)23-19(24)14-28-16-7-3-2-4-8-16/h2-10,15H,11-14H2,1H3,(H,22,25)(H,26,27). The molecule has 7 nitrogen and oxygen atoms in total. The van der Waals surface area contributed by atoms with Gasteiger partial charge in [-0.2, -0.15) is 0 Å². The van der Waals surface area contributed by atoms with Gasteiger partial charge in [0.25, 0.3) is 0 Å². The zero-order valence-electron chi connectivity index (χ0n) is 15.7. The van der Waals surface area contributed by atoms with Crippen LogP contribution in [-0.4, -0.2) is 33.1 Å². The summed E-state index contributed by atoms with van der Waals surface area (Å²) in [5, 5.41) is 11.6. The van der Waals surface area contributed by atoms with Crippen LogP contribution in [0.3, 0.4) is 0 Å². The topological polar surface area (TPSA) is 93.5 Å². The Morgan fingerprint density at radius 3 is 2.61 bits per heavy atom. The minimum Gasteiger partial charge on any atom is -0.486 e. The molecule has 0 radical (unpaired) electrons. The number of benzene rings is 2. The zero-order chi connectivity index (χ0) is 19.9. The number of imidazole rings is 1. The number of ether oxygens (including phenoxy) is 1. The Bertz CT molecular complexity index is 953. The molecular weight excluding hydrogens is 358 g/mol. The van der Waals surface area contributed by atoms with Crippen molar-refractivity contribution >= 4 is 22.9 Å². The number of hydrogen-bond acceptors (Lipinski definition) is 4. The molecule has 1 heterocycles. The first kappa shape index (κ1) is 19.4. The van der Waals surface area contributed by atoms with Crippen LogP contribution in [0, 0.1) is 5.92 Å². The average molecular weight is 381 g/mol. The maximum Gasteiger partial charge on any atom is 0.303 e. The fraction of sp³-hybridized carbons (Fsp3) is 0.286. The number of rotatable bonds is 9. The Morgan fingerprint density at radius 1 is 1.14 bits per heavy atom. The second-order valence-electron chi connectivity index (χ2n) is 6.71. The number of aromatic nitrogens is 2. The molecule has 1 atom stereocenters. The van der Waals surface area contributed by atoms with Crippen molar-refractivity contribution in [3.8, 4) is 5.75 Å². The molecule has 146 valence electrons. The molecule has 3 aromatic rings. The van der Waals surface area contributed by atoms with E-state index in [0.29, 0.717) is 12.4 Å². The SMILES string of the molecule is CC(CNC(=O)Cn1c(COc2ccccc2)nc2ccccc21)CC(=O)O. The molecule has 28 heavy (non-hydrogen) atoms. The molecule has 0 bridgehead atoms. The summed E-state index contributed by atoms with van der Waals surface area (Å²) in [5.41, 5.74) is 1.64. The lowest BCUT2D eigenvalue weighted by Crippen LogP contribution is -2.32. The first-order valence-electron chi connectivity index (χ1n) is 9.13. The van der Waals surface area contributed by atoms with E-state index >= 15 is 0 Å². The molecule has 1 aromatic heterocycles. The lowest BCUT2D eigenvalue weighted by Gasteiger charge is -2.13. The number of carboxylic acid groups (broad SMARTS) is 1. The largest absolute Gasteiger partial charge is 0.486 e. The number of hydrogen-bond donors (Lipinski definition) is 2. The molecule has 3 rings (SSSR count). The fourth-order valence-electron chi connectivity index (χ4n) is 2.93. The van der Waals surface area contributed by atoms with E-state index in [9.17, 15) is 9.59 Å². The molecule has 2 aromatic carbocycles. The molecule has 1 amide bonds. The highest BCUT2D eigenvalue weighted by Crippen LogP contribution is 2.18. The number of carboxylic acids is 1. The molecule has 0 saturated heterocycles. The van der Waals surface area contributed by atoms with Crippen molar-refractivity contribution in [1.29, 1.82) is 0 Å². The zero-order valence-corrected chi connectivity index (χ0v) is 15.7. The molecule has 0 spiro atoms. The minimum atomic E-state index is -0.873. The van der Waals surface area contributed by atoms with Gasteiger partial charge in [-0.1, -0.05) is 37.3 Å². The lowest BCUT2D eigenvalue weighted by atomic mass is 10.1. The van der Waals surface area contributed by atoms with Gasteiger partial charge in [-0.15, -0.1) is 0 Å². The van der Waals surface area contributed by atoms with E-state index in [1.54, 1.807) is 6.92 Å². The number of fused-ring (bicyclic) bond motifs is 1. The van der Waals surface area contributed by atoms with E-state index < -0.39 is 5.97 Å². The molecule has 0 fully saturated rings. The molecule has 0 aliphatic rings. The number of nitrogens with one attached hydrogen (secondary N) is 1. The Hall–Kier alpha value is -3.35. The van der Waals surface area contributed by atoms with E-state index in [4.69, 9.17) is 9.84 Å². The molecule has 7 heteroatoms. The Labute approximate surface area is 163 Å². The van der Waals surface area contributed by atoms with E-state index in [0.717, 1.165) is 16.8 Å². The van der Waals surface area contributed by atoms with Crippen molar-refractivity contribution in [2.75, 3.05) is 6.54 Å². The van der Waals surface area contributed by atoms with Crippen molar-refractivity contribution < 1.29 is 19.4 Å². The van der Waals surface area contributed by atoms with E-state index in [2.05, 4.69) is 10.3 Å². The smallest absolute Gasteiger partial charge is 0.303 e. The van der Waals surface area contributed by atoms with Crippen LogP contribution in [0.4, 0.5) is 0 Å². The minimum absolute atomic E-state index is 0.0183. The highest BCUT2D eigenvalue weighted by Gasteiger charge is 2.15. The van der Waals surface area contributed by atoms with Gasteiger partial charge in [0, 0.05) is 13.0 Å². The predicted octanol–water partition coefficient (Wildman–Crippen LogP) is 2.84. The summed E-state index contributed by atoms with van der Waals surface area (Å²) in [7, 11) is 0. The van der Waals surface area contributed by atoms with Crippen LogP contribution in [-0.2, 0) is 22.7 Å². The second kappa shape index (κ2) is 9.03. The van der Waals surface area contributed by atoms with Crippen LogP contribution in [0.2, 0.25) is 0 Å². The molecule has 0 aliphatic carbocycles. The third-order valence-electron chi connectivity index (χ3n) is 4.32. The van der Waals surface area contributed by atoms with E-state index in [-0.39, 0.29) is 31.4 Å². The van der Waals surface area contributed by atoms with Crippen molar-refractivity contribution in [3.63, 3.8) is 0 Å². The number of aliphatic carboxylic acids is 1.